The molecule has 1 fully saturated rings. The van der Waals surface area contributed by atoms with Crippen LogP contribution in [0, 0.1) is 0 Å². The van der Waals surface area contributed by atoms with Crippen LogP contribution in [0.3, 0.4) is 0 Å². The Labute approximate surface area is 193 Å². The van der Waals surface area contributed by atoms with E-state index in [1.807, 2.05) is 19.1 Å². The zero-order valence-corrected chi connectivity index (χ0v) is 20.5. The number of aliphatic imine (C=N–C) groups is 1. The van der Waals surface area contributed by atoms with Gasteiger partial charge >= 0.3 is 0 Å². The Balaban J connectivity index is 0.00000420. The van der Waals surface area contributed by atoms with Gasteiger partial charge in [0.2, 0.25) is 0 Å². The fourth-order valence-electron chi connectivity index (χ4n) is 3.24. The molecule has 2 N–H and O–H groups in total. The van der Waals surface area contributed by atoms with Crippen LogP contribution >= 0.6 is 24.0 Å². The maximum absolute atomic E-state index is 5.36. The van der Waals surface area contributed by atoms with Crippen molar-refractivity contribution in [3.8, 4) is 5.75 Å². The zero-order valence-electron chi connectivity index (χ0n) is 18.2. The predicted octanol–water partition coefficient (Wildman–Crippen LogP) is 2.42. The number of halogens is 1. The molecule has 8 heteroatoms. The molecule has 166 valence electrons. The average molecular weight is 519 g/mol. The van der Waals surface area contributed by atoms with Gasteiger partial charge < -0.3 is 25.0 Å². The minimum absolute atomic E-state index is 0. The van der Waals surface area contributed by atoms with E-state index in [2.05, 4.69) is 44.5 Å². The number of nitrogens with zero attached hydrogens (tertiary/aromatic N) is 3. The molecule has 29 heavy (non-hydrogen) atoms. The molecule has 1 heterocycles. The molecule has 0 amide bonds. The number of guanidine groups is 1. The maximum Gasteiger partial charge on any atom is 0.191 e. The number of hydrogen-bond donors (Lipinski definition) is 2. The van der Waals surface area contributed by atoms with E-state index in [4.69, 9.17) is 9.47 Å². The summed E-state index contributed by atoms with van der Waals surface area (Å²) < 4.78 is 10.6. The van der Waals surface area contributed by atoms with Crippen molar-refractivity contribution in [1.82, 2.24) is 15.5 Å². The molecule has 0 aromatic heterocycles. The molecule has 1 aromatic rings. The Kier molecular flexibility index (Phi) is 13.8. The lowest BCUT2D eigenvalue weighted by molar-refractivity contribution is 0.152. The predicted molar refractivity (Wildman–Crippen MR) is 132 cm³/mol. The van der Waals surface area contributed by atoms with Gasteiger partial charge in [-0.2, -0.15) is 0 Å². The molecule has 7 nitrogen and oxygen atoms in total. The largest absolute Gasteiger partial charge is 0.497 e. The van der Waals surface area contributed by atoms with Crippen molar-refractivity contribution in [2.45, 2.75) is 20.3 Å². The maximum atomic E-state index is 5.36. The Bertz CT molecular complexity index is 563. The minimum Gasteiger partial charge on any atom is -0.497 e. The van der Waals surface area contributed by atoms with Gasteiger partial charge in [-0.1, -0.05) is 0 Å². The number of anilines is 1. The second kappa shape index (κ2) is 15.6. The monoisotopic (exact) mass is 519 g/mol. The first kappa shape index (κ1) is 25.8. The number of ether oxygens (including phenoxy) is 2. The highest BCUT2D eigenvalue weighted by atomic mass is 127. The minimum atomic E-state index is 0. The summed E-state index contributed by atoms with van der Waals surface area (Å²) in [5.74, 6) is 1.79. The molecule has 0 aliphatic carbocycles. The van der Waals surface area contributed by atoms with Crippen LogP contribution < -0.4 is 20.3 Å². The zero-order chi connectivity index (χ0) is 20.0. The van der Waals surface area contributed by atoms with Crippen molar-refractivity contribution in [2.24, 2.45) is 4.99 Å². The summed E-state index contributed by atoms with van der Waals surface area (Å²) in [6.07, 6.45) is 1.07. The van der Waals surface area contributed by atoms with Crippen LogP contribution in [-0.2, 0) is 4.74 Å². The van der Waals surface area contributed by atoms with Crippen molar-refractivity contribution < 1.29 is 9.47 Å². The first-order chi connectivity index (χ1) is 13.8. The lowest BCUT2D eigenvalue weighted by Crippen LogP contribution is -2.46. The van der Waals surface area contributed by atoms with Gasteiger partial charge in [0.15, 0.2) is 5.96 Å². The fraction of sp³-hybridized carbons (Fsp3) is 0.667. The molecule has 1 aliphatic rings. The van der Waals surface area contributed by atoms with E-state index in [0.717, 1.165) is 77.1 Å². The van der Waals surface area contributed by atoms with Crippen molar-refractivity contribution in [2.75, 3.05) is 77.6 Å². The average Bonchev–Trinajstić information content (AvgIpc) is 2.74. The summed E-state index contributed by atoms with van der Waals surface area (Å²) in [5, 5.41) is 6.59. The first-order valence-corrected chi connectivity index (χ1v) is 10.5. The van der Waals surface area contributed by atoms with Crippen LogP contribution in [0.2, 0.25) is 0 Å². The van der Waals surface area contributed by atoms with Gasteiger partial charge in [0.05, 0.1) is 13.7 Å². The molecule has 0 bridgehead atoms. The Morgan fingerprint density at radius 3 is 2.41 bits per heavy atom. The summed E-state index contributed by atoms with van der Waals surface area (Å²) in [4.78, 5) is 9.64. The summed E-state index contributed by atoms with van der Waals surface area (Å²) in [6.45, 7) is 13.5. The number of piperazine rings is 1. The topological polar surface area (TPSA) is 61.4 Å². The van der Waals surface area contributed by atoms with Crippen molar-refractivity contribution in [3.05, 3.63) is 24.3 Å². The van der Waals surface area contributed by atoms with E-state index in [-0.39, 0.29) is 24.0 Å². The molecule has 1 aliphatic heterocycles. The molecule has 0 spiro atoms. The van der Waals surface area contributed by atoms with Crippen molar-refractivity contribution >= 4 is 35.6 Å². The van der Waals surface area contributed by atoms with Gasteiger partial charge in [-0.05, 0) is 44.5 Å². The van der Waals surface area contributed by atoms with Gasteiger partial charge in [-0.3, -0.25) is 9.89 Å². The van der Waals surface area contributed by atoms with Crippen LogP contribution in [0.5, 0.6) is 5.75 Å². The third-order valence-electron chi connectivity index (χ3n) is 4.80. The van der Waals surface area contributed by atoms with Crippen LogP contribution in [-0.4, -0.2) is 83.5 Å². The molecular formula is C21H38IN5O2. The number of benzene rings is 1. The lowest BCUT2D eigenvalue weighted by Gasteiger charge is -2.36. The van der Waals surface area contributed by atoms with Gasteiger partial charge in [-0.15, -0.1) is 24.0 Å². The third-order valence-corrected chi connectivity index (χ3v) is 4.80. The molecule has 0 radical (unpaired) electrons. The van der Waals surface area contributed by atoms with Gasteiger partial charge in [0.25, 0.3) is 0 Å². The van der Waals surface area contributed by atoms with E-state index >= 15 is 0 Å². The van der Waals surface area contributed by atoms with Crippen LogP contribution in [0.25, 0.3) is 0 Å². The van der Waals surface area contributed by atoms with Crippen molar-refractivity contribution in [1.29, 1.82) is 0 Å². The molecule has 1 aromatic carbocycles. The highest BCUT2D eigenvalue weighted by Crippen LogP contribution is 2.20. The molecule has 2 rings (SSSR count). The van der Waals surface area contributed by atoms with Crippen LogP contribution in [0.15, 0.2) is 29.3 Å². The Morgan fingerprint density at radius 2 is 1.79 bits per heavy atom. The second-order valence-electron chi connectivity index (χ2n) is 6.76. The van der Waals surface area contributed by atoms with E-state index in [9.17, 15) is 0 Å². The highest BCUT2D eigenvalue weighted by Gasteiger charge is 2.16. The number of nitrogens with one attached hydrogen (secondary N) is 2. The van der Waals surface area contributed by atoms with E-state index in [0.29, 0.717) is 6.61 Å². The quantitative estimate of drug-likeness (QED) is 0.203. The summed E-state index contributed by atoms with van der Waals surface area (Å²) in [5.41, 5.74) is 1.28. The summed E-state index contributed by atoms with van der Waals surface area (Å²) in [6, 6.07) is 8.35. The molecular weight excluding hydrogens is 481 g/mol. The van der Waals surface area contributed by atoms with E-state index < -0.39 is 0 Å². The number of hydrogen-bond acceptors (Lipinski definition) is 5. The lowest BCUT2D eigenvalue weighted by atomic mass is 10.2. The number of methoxy groups -OCH3 is 1. The normalized spacial score (nSPS) is 15.0. The number of rotatable bonds is 11. The van der Waals surface area contributed by atoms with Crippen LogP contribution in [0.1, 0.15) is 20.3 Å². The summed E-state index contributed by atoms with van der Waals surface area (Å²) in [7, 11) is 1.70. The van der Waals surface area contributed by atoms with Gasteiger partial charge in [-0.25, -0.2) is 0 Å². The fourth-order valence-corrected chi connectivity index (χ4v) is 3.24. The molecule has 1 saturated heterocycles. The Morgan fingerprint density at radius 1 is 1.07 bits per heavy atom. The van der Waals surface area contributed by atoms with Gasteiger partial charge in [0, 0.05) is 64.7 Å². The second-order valence-corrected chi connectivity index (χ2v) is 6.76. The molecule has 0 saturated carbocycles. The van der Waals surface area contributed by atoms with E-state index in [1.165, 1.54) is 5.69 Å². The summed E-state index contributed by atoms with van der Waals surface area (Å²) >= 11 is 0. The first-order valence-electron chi connectivity index (χ1n) is 10.5. The SMILES string of the molecule is CCNC(=NCCCN1CCN(c2ccc(OC)cc2)CC1)NCCOCC.I. The molecule has 0 atom stereocenters. The third kappa shape index (κ3) is 9.86. The van der Waals surface area contributed by atoms with Crippen LogP contribution in [0.4, 0.5) is 5.69 Å². The smallest absolute Gasteiger partial charge is 0.191 e. The highest BCUT2D eigenvalue weighted by molar-refractivity contribution is 14.0. The van der Waals surface area contributed by atoms with E-state index in [1.54, 1.807) is 7.11 Å². The molecule has 0 unspecified atom stereocenters. The van der Waals surface area contributed by atoms with Gasteiger partial charge in [0.1, 0.15) is 5.75 Å². The van der Waals surface area contributed by atoms with Crippen molar-refractivity contribution in [3.63, 3.8) is 0 Å². The Hall–Kier alpha value is -1.26. The standard InChI is InChI=1S/C21H37N5O2.HI/c1-4-22-21(24-12-18-28-5-2)23-11-6-13-25-14-16-26(17-15-25)19-7-9-20(27-3)10-8-19;/h7-10H,4-6,11-18H2,1-3H3,(H2,22,23,24);1H.